The summed E-state index contributed by atoms with van der Waals surface area (Å²) in [7, 11) is 0. The number of hydrogen-bond donors (Lipinski definition) is 1. The Kier molecular flexibility index (Phi) is 2.88. The van der Waals surface area contributed by atoms with E-state index in [-0.39, 0.29) is 11.9 Å². The molecule has 0 fully saturated rings. The molecule has 1 atom stereocenters. The molecule has 0 radical (unpaired) electrons. The Labute approximate surface area is 121 Å². The first-order valence-corrected chi connectivity index (χ1v) is 8.04. The Morgan fingerprint density at radius 2 is 2.35 bits per heavy atom. The quantitative estimate of drug-likeness (QED) is 0.920. The average Bonchev–Trinajstić information content (AvgIpc) is 3.12. The summed E-state index contributed by atoms with van der Waals surface area (Å²) in [4.78, 5) is 19.0. The highest BCUT2D eigenvalue weighted by Gasteiger charge is 2.23. The van der Waals surface area contributed by atoms with Crippen molar-refractivity contribution in [2.24, 2.45) is 0 Å². The van der Waals surface area contributed by atoms with Gasteiger partial charge in [0.25, 0.3) is 5.91 Å². The van der Waals surface area contributed by atoms with Crippen LogP contribution in [0.3, 0.4) is 0 Å². The second-order valence-corrected chi connectivity index (χ2v) is 6.75. The highest BCUT2D eigenvalue weighted by atomic mass is 32.1. The molecule has 20 heavy (non-hydrogen) atoms. The van der Waals surface area contributed by atoms with E-state index in [9.17, 15) is 4.79 Å². The predicted molar refractivity (Wildman–Crippen MR) is 78.1 cm³/mol. The molecule has 2 aliphatic rings. The van der Waals surface area contributed by atoms with E-state index < -0.39 is 0 Å². The van der Waals surface area contributed by atoms with Gasteiger partial charge in [-0.3, -0.25) is 4.79 Å². The number of nitrogens with one attached hydrogen (secondary N) is 1. The molecule has 0 spiro atoms. The first-order valence-electron chi connectivity index (χ1n) is 7.22. The van der Waals surface area contributed by atoms with Gasteiger partial charge in [0.1, 0.15) is 5.82 Å². The van der Waals surface area contributed by atoms with Crippen LogP contribution >= 0.6 is 11.3 Å². The smallest absolute Gasteiger partial charge is 0.261 e. The molecule has 1 unspecified atom stereocenters. The third-order valence-corrected chi connectivity index (χ3v) is 5.48. The van der Waals surface area contributed by atoms with Crippen LogP contribution in [0.15, 0.2) is 18.5 Å². The lowest BCUT2D eigenvalue weighted by Crippen LogP contribution is -2.40. The molecule has 0 aromatic carbocycles. The first kappa shape index (κ1) is 12.1. The summed E-state index contributed by atoms with van der Waals surface area (Å²) in [5.41, 5.74) is 1.39. The zero-order chi connectivity index (χ0) is 13.5. The van der Waals surface area contributed by atoms with Crippen molar-refractivity contribution in [3.05, 3.63) is 39.6 Å². The van der Waals surface area contributed by atoms with Gasteiger partial charge in [-0.1, -0.05) is 0 Å². The van der Waals surface area contributed by atoms with Gasteiger partial charge in [-0.05, 0) is 37.3 Å². The number of amides is 1. The van der Waals surface area contributed by atoms with Gasteiger partial charge in [0, 0.05) is 36.3 Å². The van der Waals surface area contributed by atoms with E-state index in [1.807, 2.05) is 12.4 Å². The van der Waals surface area contributed by atoms with Gasteiger partial charge >= 0.3 is 0 Å². The normalized spacial score (nSPS) is 20.5. The summed E-state index contributed by atoms with van der Waals surface area (Å²) in [6.45, 7) is 0.839. The van der Waals surface area contributed by atoms with Crippen molar-refractivity contribution < 1.29 is 4.79 Å². The number of hydrogen-bond acceptors (Lipinski definition) is 3. The first-order chi connectivity index (χ1) is 9.79. The lowest BCUT2D eigenvalue weighted by atomic mass is 10.1. The lowest BCUT2D eigenvalue weighted by Gasteiger charge is -2.24. The highest BCUT2D eigenvalue weighted by molar-refractivity contribution is 7.14. The number of carbonyl (C=O) groups excluding carboxylic acids is 1. The van der Waals surface area contributed by atoms with Crippen molar-refractivity contribution in [2.45, 2.75) is 44.7 Å². The number of imidazole rings is 1. The maximum Gasteiger partial charge on any atom is 0.261 e. The molecule has 3 heterocycles. The number of aromatic nitrogens is 2. The van der Waals surface area contributed by atoms with Crippen LogP contribution in [0.2, 0.25) is 0 Å². The van der Waals surface area contributed by atoms with Crippen molar-refractivity contribution >= 4 is 17.2 Å². The van der Waals surface area contributed by atoms with Crippen molar-refractivity contribution in [2.75, 3.05) is 0 Å². The van der Waals surface area contributed by atoms with E-state index >= 15 is 0 Å². The standard InChI is InChI=1S/C15H17N3OS/c19-15(13-8-10-2-1-3-12(10)20-13)17-11-4-5-14-16-6-7-18(14)9-11/h6-8,11H,1-5,9H2,(H,17,19). The number of nitrogens with zero attached hydrogens (tertiary/aromatic N) is 2. The minimum Gasteiger partial charge on any atom is -0.347 e. The topological polar surface area (TPSA) is 46.9 Å². The van der Waals surface area contributed by atoms with Crippen molar-refractivity contribution in [3.63, 3.8) is 0 Å². The largest absolute Gasteiger partial charge is 0.347 e. The highest BCUT2D eigenvalue weighted by Crippen LogP contribution is 2.30. The Morgan fingerprint density at radius 1 is 1.40 bits per heavy atom. The molecule has 4 rings (SSSR count). The molecule has 0 saturated heterocycles. The molecule has 104 valence electrons. The second-order valence-electron chi connectivity index (χ2n) is 5.62. The number of thiophene rings is 1. The van der Waals surface area contributed by atoms with Crippen molar-refractivity contribution in [1.82, 2.24) is 14.9 Å². The third-order valence-electron chi connectivity index (χ3n) is 4.24. The van der Waals surface area contributed by atoms with Crippen LogP contribution in [0.4, 0.5) is 0 Å². The summed E-state index contributed by atoms with van der Waals surface area (Å²) in [6.07, 6.45) is 9.29. The average molecular weight is 287 g/mol. The van der Waals surface area contributed by atoms with Gasteiger partial charge in [0.15, 0.2) is 0 Å². The third kappa shape index (κ3) is 2.06. The maximum absolute atomic E-state index is 12.3. The molecule has 1 N–H and O–H groups in total. The monoisotopic (exact) mass is 287 g/mol. The molecule has 2 aromatic rings. The molecule has 0 bridgehead atoms. The van der Waals surface area contributed by atoms with Gasteiger partial charge in [-0.15, -0.1) is 11.3 Å². The summed E-state index contributed by atoms with van der Waals surface area (Å²) in [6, 6.07) is 2.31. The molecule has 1 aliphatic heterocycles. The fourth-order valence-corrected chi connectivity index (χ4v) is 4.34. The van der Waals surface area contributed by atoms with E-state index in [0.717, 1.165) is 42.9 Å². The summed E-state index contributed by atoms with van der Waals surface area (Å²) < 4.78 is 2.14. The minimum atomic E-state index is 0.0953. The van der Waals surface area contributed by atoms with E-state index in [2.05, 4.69) is 20.9 Å². The van der Waals surface area contributed by atoms with Crippen LogP contribution < -0.4 is 5.32 Å². The molecule has 1 aliphatic carbocycles. The van der Waals surface area contributed by atoms with Crippen LogP contribution in [-0.4, -0.2) is 21.5 Å². The Morgan fingerprint density at radius 3 is 3.25 bits per heavy atom. The van der Waals surface area contributed by atoms with E-state index in [1.165, 1.54) is 16.9 Å². The summed E-state index contributed by atoms with van der Waals surface area (Å²) in [5, 5.41) is 3.18. The van der Waals surface area contributed by atoms with E-state index in [0.29, 0.717) is 0 Å². The van der Waals surface area contributed by atoms with Crippen LogP contribution in [0.1, 0.15) is 38.8 Å². The zero-order valence-electron chi connectivity index (χ0n) is 11.3. The Balaban J connectivity index is 1.45. The van der Waals surface area contributed by atoms with Gasteiger partial charge in [-0.25, -0.2) is 4.98 Å². The van der Waals surface area contributed by atoms with Crippen LogP contribution in [0.5, 0.6) is 0 Å². The maximum atomic E-state index is 12.3. The van der Waals surface area contributed by atoms with Crippen molar-refractivity contribution in [3.8, 4) is 0 Å². The van der Waals surface area contributed by atoms with Crippen LogP contribution in [-0.2, 0) is 25.8 Å². The second kappa shape index (κ2) is 4.74. The molecule has 5 heteroatoms. The molecular weight excluding hydrogens is 270 g/mol. The lowest BCUT2D eigenvalue weighted by molar-refractivity contribution is 0.0931. The molecule has 1 amide bonds. The summed E-state index contributed by atoms with van der Waals surface area (Å²) >= 11 is 1.67. The molecule has 2 aromatic heterocycles. The van der Waals surface area contributed by atoms with E-state index in [4.69, 9.17) is 0 Å². The number of rotatable bonds is 2. The summed E-state index contributed by atoms with van der Waals surface area (Å²) in [5.74, 6) is 1.23. The Bertz CT molecular complexity index is 636. The fourth-order valence-electron chi connectivity index (χ4n) is 3.18. The predicted octanol–water partition coefficient (Wildman–Crippen LogP) is 2.18. The number of carbonyl (C=O) groups is 1. The van der Waals surface area contributed by atoms with Gasteiger partial charge in [0.05, 0.1) is 4.88 Å². The van der Waals surface area contributed by atoms with Gasteiger partial charge in [0.2, 0.25) is 0 Å². The van der Waals surface area contributed by atoms with Gasteiger partial charge in [-0.2, -0.15) is 0 Å². The molecule has 4 nitrogen and oxygen atoms in total. The number of fused-ring (bicyclic) bond motifs is 2. The van der Waals surface area contributed by atoms with Crippen molar-refractivity contribution in [1.29, 1.82) is 0 Å². The van der Waals surface area contributed by atoms with Crippen LogP contribution in [0, 0.1) is 0 Å². The Hall–Kier alpha value is -1.62. The fraction of sp³-hybridized carbons (Fsp3) is 0.467. The van der Waals surface area contributed by atoms with E-state index in [1.54, 1.807) is 11.3 Å². The minimum absolute atomic E-state index is 0.0953. The molecular formula is C15H17N3OS. The number of aryl methyl sites for hydroxylation is 3. The zero-order valence-corrected chi connectivity index (χ0v) is 12.1. The van der Waals surface area contributed by atoms with Crippen LogP contribution in [0.25, 0.3) is 0 Å². The SMILES string of the molecule is O=C(NC1CCc2nccn2C1)c1cc2c(s1)CCC2. The van der Waals surface area contributed by atoms with Gasteiger partial charge < -0.3 is 9.88 Å². The molecule has 0 saturated carbocycles.